The van der Waals surface area contributed by atoms with Crippen molar-refractivity contribution in [3.05, 3.63) is 22.4 Å². The van der Waals surface area contributed by atoms with E-state index in [1.54, 1.807) is 4.90 Å². The predicted octanol–water partition coefficient (Wildman–Crippen LogP) is 2.24. The molecule has 7 nitrogen and oxygen atoms in total. The van der Waals surface area contributed by atoms with Gasteiger partial charge in [0.15, 0.2) is 5.96 Å². The number of thiophene rings is 1. The molecule has 174 valence electrons. The Morgan fingerprint density at radius 2 is 2.06 bits per heavy atom. The number of guanidine groups is 1. The molecule has 0 aromatic carbocycles. The van der Waals surface area contributed by atoms with Crippen molar-refractivity contribution in [2.24, 2.45) is 10.9 Å². The maximum absolute atomic E-state index is 12.3. The molecule has 3 heterocycles. The van der Waals surface area contributed by atoms with Crippen LogP contribution in [0.1, 0.15) is 43.0 Å². The average Bonchev–Trinajstić information content (AvgIpc) is 3.44. The number of amides is 1. The van der Waals surface area contributed by atoms with Crippen molar-refractivity contribution in [2.75, 3.05) is 60.9 Å². The molecule has 3 atom stereocenters. The molecule has 3 rings (SSSR count). The highest BCUT2D eigenvalue weighted by Crippen LogP contribution is 2.36. The lowest BCUT2D eigenvalue weighted by Gasteiger charge is -2.39. The second kappa shape index (κ2) is 11.8. The second-order valence-electron chi connectivity index (χ2n) is 9.00. The van der Waals surface area contributed by atoms with Crippen LogP contribution in [0.5, 0.6) is 0 Å². The van der Waals surface area contributed by atoms with Gasteiger partial charge >= 0.3 is 0 Å². The molecule has 0 saturated carbocycles. The lowest BCUT2D eigenvalue weighted by Crippen LogP contribution is -2.46. The van der Waals surface area contributed by atoms with Crippen LogP contribution in [0, 0.1) is 5.92 Å². The smallest absolute Gasteiger partial charge is 0.239 e. The van der Waals surface area contributed by atoms with E-state index in [0.29, 0.717) is 12.0 Å². The van der Waals surface area contributed by atoms with Crippen molar-refractivity contribution < 1.29 is 4.79 Å². The van der Waals surface area contributed by atoms with E-state index in [4.69, 9.17) is 0 Å². The summed E-state index contributed by atoms with van der Waals surface area (Å²) in [6.45, 7) is 4.93. The third-order valence-corrected chi connectivity index (χ3v) is 7.54. The lowest BCUT2D eigenvalue weighted by molar-refractivity contribution is -0.133. The molecule has 8 heteroatoms. The molecule has 1 aromatic heterocycles. The zero-order valence-corrected chi connectivity index (χ0v) is 20.5. The van der Waals surface area contributed by atoms with Crippen molar-refractivity contribution in [1.29, 1.82) is 0 Å². The maximum atomic E-state index is 12.3. The van der Waals surface area contributed by atoms with E-state index in [-0.39, 0.29) is 11.9 Å². The highest BCUT2D eigenvalue weighted by atomic mass is 32.1. The van der Waals surface area contributed by atoms with Crippen molar-refractivity contribution in [2.45, 2.75) is 44.2 Å². The Balaban J connectivity index is 1.42. The Bertz CT molecular complexity index is 707. The van der Waals surface area contributed by atoms with Crippen molar-refractivity contribution in [3.63, 3.8) is 0 Å². The summed E-state index contributed by atoms with van der Waals surface area (Å²) in [6.07, 6.45) is 5.59. The van der Waals surface area contributed by atoms with Crippen LogP contribution in [0.4, 0.5) is 0 Å². The fraction of sp³-hybridized carbons (Fsp3) is 0.739. The van der Waals surface area contributed by atoms with Gasteiger partial charge in [-0.05, 0) is 69.6 Å². The third kappa shape index (κ3) is 6.43. The number of nitrogens with one attached hydrogen (secondary N) is 2. The van der Waals surface area contributed by atoms with Gasteiger partial charge in [0.05, 0.1) is 6.04 Å². The highest BCUT2D eigenvalue weighted by molar-refractivity contribution is 7.10. The molecule has 1 amide bonds. The SMILES string of the molecule is CN=C(NCCCN1CCCC1C(=O)N(C)C)NCC1CCCN(C)C1c1cccs1. The van der Waals surface area contributed by atoms with Gasteiger partial charge in [-0.1, -0.05) is 6.07 Å². The van der Waals surface area contributed by atoms with Crippen molar-refractivity contribution in [1.82, 2.24) is 25.3 Å². The highest BCUT2D eigenvalue weighted by Gasteiger charge is 2.32. The molecule has 3 unspecified atom stereocenters. The van der Waals surface area contributed by atoms with Gasteiger partial charge in [0, 0.05) is 51.7 Å². The molecule has 0 spiro atoms. The van der Waals surface area contributed by atoms with E-state index in [9.17, 15) is 4.79 Å². The first kappa shape index (κ1) is 24.0. The van der Waals surface area contributed by atoms with Crippen LogP contribution in [0.25, 0.3) is 0 Å². The Kier molecular flexibility index (Phi) is 9.16. The number of hydrogen-bond acceptors (Lipinski definition) is 5. The number of carbonyl (C=O) groups excluding carboxylic acids is 1. The molecule has 2 aliphatic heterocycles. The largest absolute Gasteiger partial charge is 0.356 e. The van der Waals surface area contributed by atoms with Crippen LogP contribution in [0.3, 0.4) is 0 Å². The van der Waals surface area contributed by atoms with E-state index in [1.165, 1.54) is 24.3 Å². The maximum Gasteiger partial charge on any atom is 0.239 e. The monoisotopic (exact) mass is 448 g/mol. The number of nitrogens with zero attached hydrogens (tertiary/aromatic N) is 4. The molecule has 2 saturated heterocycles. The normalized spacial score (nSPS) is 25.5. The Morgan fingerprint density at radius 1 is 1.26 bits per heavy atom. The second-order valence-corrected chi connectivity index (χ2v) is 9.98. The standard InChI is InChI=1S/C23H40N6OS/c1-24-23(25-12-8-15-29-14-6-10-19(29)22(30)27(2)3)26-17-18-9-5-13-28(4)21(18)20-11-7-16-31-20/h7,11,16,18-19,21H,5-6,8-10,12-15,17H2,1-4H3,(H2,24,25,26). The lowest BCUT2D eigenvalue weighted by atomic mass is 9.88. The summed E-state index contributed by atoms with van der Waals surface area (Å²) >= 11 is 1.86. The van der Waals surface area contributed by atoms with Crippen LogP contribution >= 0.6 is 11.3 Å². The van der Waals surface area contributed by atoms with E-state index >= 15 is 0 Å². The number of piperidine rings is 1. The van der Waals surface area contributed by atoms with Crippen LogP contribution in [-0.4, -0.2) is 93.5 Å². The number of likely N-dealkylation sites (tertiary alicyclic amines) is 2. The van der Waals surface area contributed by atoms with E-state index in [1.807, 2.05) is 32.5 Å². The third-order valence-electron chi connectivity index (χ3n) is 6.60. The van der Waals surface area contributed by atoms with E-state index in [0.717, 1.165) is 51.4 Å². The minimum absolute atomic E-state index is 0.0601. The van der Waals surface area contributed by atoms with E-state index in [2.05, 4.69) is 50.0 Å². The van der Waals surface area contributed by atoms with Gasteiger partial charge in [0.25, 0.3) is 0 Å². The molecule has 1 aromatic rings. The van der Waals surface area contributed by atoms with Gasteiger partial charge in [0.2, 0.25) is 5.91 Å². The van der Waals surface area contributed by atoms with E-state index < -0.39 is 0 Å². The molecule has 0 bridgehead atoms. The zero-order valence-electron chi connectivity index (χ0n) is 19.6. The van der Waals surface area contributed by atoms with Crippen LogP contribution < -0.4 is 10.6 Å². The molecule has 0 aliphatic carbocycles. The van der Waals surface area contributed by atoms with Gasteiger partial charge in [-0.25, -0.2) is 0 Å². The fourth-order valence-corrected chi connectivity index (χ4v) is 5.97. The minimum atomic E-state index is 0.0601. The average molecular weight is 449 g/mol. The quantitative estimate of drug-likeness (QED) is 0.363. The summed E-state index contributed by atoms with van der Waals surface area (Å²) in [6, 6.07) is 4.97. The van der Waals surface area contributed by atoms with Crippen molar-refractivity contribution >= 4 is 23.2 Å². The molecular weight excluding hydrogens is 408 g/mol. The molecule has 2 N–H and O–H groups in total. The summed E-state index contributed by atoms with van der Waals surface area (Å²) in [5, 5.41) is 9.21. The van der Waals surface area contributed by atoms with Gasteiger partial charge in [-0.15, -0.1) is 11.3 Å². The fourth-order valence-electron chi connectivity index (χ4n) is 4.99. The number of hydrogen-bond donors (Lipinski definition) is 2. The molecular formula is C23H40N6OS. The predicted molar refractivity (Wildman–Crippen MR) is 130 cm³/mol. The Morgan fingerprint density at radius 3 is 2.77 bits per heavy atom. The number of carbonyl (C=O) groups is 1. The van der Waals surface area contributed by atoms with Crippen molar-refractivity contribution in [3.8, 4) is 0 Å². The van der Waals surface area contributed by atoms with Gasteiger partial charge in [-0.3, -0.25) is 19.6 Å². The zero-order chi connectivity index (χ0) is 22.2. The first-order valence-electron chi connectivity index (χ1n) is 11.6. The van der Waals surface area contributed by atoms with Gasteiger partial charge in [0.1, 0.15) is 0 Å². The van der Waals surface area contributed by atoms with Gasteiger partial charge < -0.3 is 15.5 Å². The number of rotatable bonds is 8. The van der Waals surface area contributed by atoms with Gasteiger partial charge in [-0.2, -0.15) is 0 Å². The summed E-state index contributed by atoms with van der Waals surface area (Å²) < 4.78 is 0. The summed E-state index contributed by atoms with van der Waals surface area (Å²) in [5.41, 5.74) is 0. The minimum Gasteiger partial charge on any atom is -0.356 e. The topological polar surface area (TPSA) is 63.2 Å². The molecule has 0 radical (unpaired) electrons. The molecule has 31 heavy (non-hydrogen) atoms. The Labute approximate surface area is 191 Å². The summed E-state index contributed by atoms with van der Waals surface area (Å²) in [5.74, 6) is 1.69. The van der Waals surface area contributed by atoms with Crippen LogP contribution in [0.2, 0.25) is 0 Å². The summed E-state index contributed by atoms with van der Waals surface area (Å²) in [4.78, 5) is 24.8. The first-order chi connectivity index (χ1) is 15.0. The number of likely N-dealkylation sites (N-methyl/N-ethyl adjacent to an activating group) is 1. The first-order valence-corrected chi connectivity index (χ1v) is 12.5. The summed E-state index contributed by atoms with van der Waals surface area (Å²) in [7, 11) is 7.79. The molecule has 2 aliphatic rings. The van der Waals surface area contributed by atoms with Crippen LogP contribution in [-0.2, 0) is 4.79 Å². The van der Waals surface area contributed by atoms with Crippen LogP contribution in [0.15, 0.2) is 22.5 Å². The number of aliphatic imine (C=N–C) groups is 1. The molecule has 2 fully saturated rings. The Hall–Kier alpha value is -1.64.